The standard InChI is InChI=1S/C21H17N3O5/c25-18-11-4-5-12-23(18)19(21(27)22-14-15-7-2-1-3-8-15)20(26)16-9-6-10-17(13-16)24(28)29/h1-13,19H,14H2,(H,22,27)/t19-/m0/s1. The van der Waals surface area contributed by atoms with Crippen LogP contribution >= 0.6 is 0 Å². The van der Waals surface area contributed by atoms with Gasteiger partial charge in [0.25, 0.3) is 17.2 Å². The second kappa shape index (κ2) is 8.75. The predicted molar refractivity (Wildman–Crippen MR) is 105 cm³/mol. The molecule has 8 nitrogen and oxygen atoms in total. The van der Waals surface area contributed by atoms with Crippen LogP contribution in [-0.4, -0.2) is 21.2 Å². The summed E-state index contributed by atoms with van der Waals surface area (Å²) in [5.74, 6) is -1.40. The van der Waals surface area contributed by atoms with Gasteiger partial charge in [-0.25, -0.2) is 0 Å². The maximum Gasteiger partial charge on any atom is 0.270 e. The van der Waals surface area contributed by atoms with Crippen molar-refractivity contribution in [3.8, 4) is 0 Å². The first kappa shape index (κ1) is 19.7. The Morgan fingerprint density at radius 1 is 1.00 bits per heavy atom. The Kier molecular flexibility index (Phi) is 5.94. The minimum Gasteiger partial charge on any atom is -0.350 e. The third-order valence-corrected chi connectivity index (χ3v) is 4.28. The Morgan fingerprint density at radius 2 is 1.72 bits per heavy atom. The SMILES string of the molecule is O=C(NCc1ccccc1)[C@H](C(=O)c1cccc([N+](=O)[O-])c1)n1ccccc1=O. The highest BCUT2D eigenvalue weighted by Gasteiger charge is 2.30. The number of non-ortho nitro benzene ring substituents is 1. The number of Topliss-reactive ketones (excluding diaryl/α,β-unsaturated/α-hetero) is 1. The summed E-state index contributed by atoms with van der Waals surface area (Å²) in [6.07, 6.45) is 1.34. The van der Waals surface area contributed by atoms with Crippen molar-refractivity contribution in [2.24, 2.45) is 0 Å². The van der Waals surface area contributed by atoms with E-state index in [1.54, 1.807) is 0 Å². The topological polar surface area (TPSA) is 111 Å². The normalized spacial score (nSPS) is 11.4. The maximum atomic E-state index is 13.1. The molecule has 0 spiro atoms. The summed E-state index contributed by atoms with van der Waals surface area (Å²) in [7, 11) is 0. The molecule has 1 N–H and O–H groups in total. The lowest BCUT2D eigenvalue weighted by Gasteiger charge is -2.18. The molecule has 8 heteroatoms. The van der Waals surface area contributed by atoms with Crippen LogP contribution in [0.25, 0.3) is 0 Å². The van der Waals surface area contributed by atoms with Crippen molar-refractivity contribution in [3.63, 3.8) is 0 Å². The number of ketones is 1. The summed E-state index contributed by atoms with van der Waals surface area (Å²) in [5.41, 5.74) is -0.0246. The summed E-state index contributed by atoms with van der Waals surface area (Å²) in [4.78, 5) is 48.6. The molecular weight excluding hydrogens is 374 g/mol. The second-order valence-electron chi connectivity index (χ2n) is 6.22. The van der Waals surface area contributed by atoms with E-state index in [9.17, 15) is 24.5 Å². The Bertz CT molecular complexity index is 1110. The largest absolute Gasteiger partial charge is 0.350 e. The molecular formula is C21H17N3O5. The van der Waals surface area contributed by atoms with Gasteiger partial charge in [-0.05, 0) is 11.6 Å². The van der Waals surface area contributed by atoms with Crippen LogP contribution < -0.4 is 10.9 Å². The van der Waals surface area contributed by atoms with Gasteiger partial charge in [-0.15, -0.1) is 0 Å². The number of carbonyl (C=O) groups excluding carboxylic acids is 2. The Hall–Kier alpha value is -4.07. The first-order valence-electron chi connectivity index (χ1n) is 8.75. The molecule has 3 rings (SSSR count). The van der Waals surface area contributed by atoms with E-state index in [0.717, 1.165) is 16.2 Å². The van der Waals surface area contributed by atoms with Crippen LogP contribution in [0.1, 0.15) is 22.0 Å². The molecule has 1 heterocycles. The third kappa shape index (κ3) is 4.62. The van der Waals surface area contributed by atoms with Crippen LogP contribution in [0.4, 0.5) is 5.69 Å². The lowest BCUT2D eigenvalue weighted by atomic mass is 10.0. The molecule has 1 aromatic heterocycles. The van der Waals surface area contributed by atoms with E-state index in [0.29, 0.717) is 0 Å². The van der Waals surface area contributed by atoms with Gasteiger partial charge in [0.05, 0.1) is 4.92 Å². The van der Waals surface area contributed by atoms with Crippen molar-refractivity contribution in [3.05, 3.63) is 111 Å². The molecule has 0 radical (unpaired) electrons. The molecule has 0 bridgehead atoms. The Balaban J connectivity index is 1.95. The number of nitrogens with one attached hydrogen (secondary N) is 1. The third-order valence-electron chi connectivity index (χ3n) is 4.28. The highest BCUT2D eigenvalue weighted by Crippen LogP contribution is 2.19. The molecule has 0 aliphatic heterocycles. The molecule has 0 fully saturated rings. The van der Waals surface area contributed by atoms with Crippen LogP contribution in [0, 0.1) is 10.1 Å². The number of aromatic nitrogens is 1. The van der Waals surface area contributed by atoms with E-state index in [-0.39, 0.29) is 17.8 Å². The maximum absolute atomic E-state index is 13.1. The molecule has 0 unspecified atom stereocenters. The highest BCUT2D eigenvalue weighted by atomic mass is 16.6. The summed E-state index contributed by atoms with van der Waals surface area (Å²) in [6.45, 7) is 0.167. The second-order valence-corrected chi connectivity index (χ2v) is 6.22. The van der Waals surface area contributed by atoms with Crippen molar-refractivity contribution < 1.29 is 14.5 Å². The minimum absolute atomic E-state index is 0.0326. The number of benzene rings is 2. The van der Waals surface area contributed by atoms with Crippen molar-refractivity contribution in [2.75, 3.05) is 0 Å². The zero-order valence-corrected chi connectivity index (χ0v) is 15.2. The molecule has 3 aromatic rings. The molecule has 0 saturated carbocycles. The van der Waals surface area contributed by atoms with Gasteiger partial charge in [-0.2, -0.15) is 0 Å². The van der Waals surface area contributed by atoms with Gasteiger partial charge < -0.3 is 5.32 Å². The van der Waals surface area contributed by atoms with Crippen LogP contribution in [0.15, 0.2) is 83.8 Å². The summed E-state index contributed by atoms with van der Waals surface area (Å²) < 4.78 is 1.02. The van der Waals surface area contributed by atoms with Crippen LogP contribution in [0.5, 0.6) is 0 Å². The molecule has 0 aliphatic rings. The van der Waals surface area contributed by atoms with Gasteiger partial charge in [0, 0.05) is 36.5 Å². The average molecular weight is 391 g/mol. The molecule has 0 aliphatic carbocycles. The molecule has 2 aromatic carbocycles. The number of nitro groups is 1. The summed E-state index contributed by atoms with van der Waals surface area (Å²) in [5, 5.41) is 13.7. The number of nitro benzene ring substituents is 1. The van der Waals surface area contributed by atoms with E-state index in [1.165, 1.54) is 42.6 Å². The zero-order chi connectivity index (χ0) is 20.8. The number of hydrogen-bond acceptors (Lipinski definition) is 5. The first-order valence-corrected chi connectivity index (χ1v) is 8.75. The van der Waals surface area contributed by atoms with E-state index in [4.69, 9.17) is 0 Å². The zero-order valence-electron chi connectivity index (χ0n) is 15.2. The number of amides is 1. The minimum atomic E-state index is -1.49. The van der Waals surface area contributed by atoms with Crippen LogP contribution in [0.2, 0.25) is 0 Å². The van der Waals surface area contributed by atoms with Gasteiger partial charge in [0.15, 0.2) is 11.8 Å². The molecule has 1 amide bonds. The molecule has 1 atom stereocenters. The molecule has 29 heavy (non-hydrogen) atoms. The smallest absolute Gasteiger partial charge is 0.270 e. The van der Waals surface area contributed by atoms with Crippen molar-refractivity contribution in [1.29, 1.82) is 0 Å². The van der Waals surface area contributed by atoms with E-state index < -0.39 is 28.2 Å². The fraction of sp³-hybridized carbons (Fsp3) is 0.0952. The van der Waals surface area contributed by atoms with E-state index in [1.807, 2.05) is 30.3 Å². The van der Waals surface area contributed by atoms with Crippen molar-refractivity contribution >= 4 is 17.4 Å². The number of pyridine rings is 1. The van der Waals surface area contributed by atoms with Gasteiger partial charge in [-0.1, -0.05) is 48.5 Å². The summed E-state index contributed by atoms with van der Waals surface area (Å²) in [6, 6.07) is 16.9. The number of carbonyl (C=O) groups is 2. The van der Waals surface area contributed by atoms with Crippen LogP contribution in [-0.2, 0) is 11.3 Å². The fourth-order valence-electron chi connectivity index (χ4n) is 2.84. The average Bonchev–Trinajstić information content (AvgIpc) is 2.74. The van der Waals surface area contributed by atoms with E-state index >= 15 is 0 Å². The lowest BCUT2D eigenvalue weighted by molar-refractivity contribution is -0.384. The Morgan fingerprint density at radius 3 is 2.41 bits per heavy atom. The van der Waals surface area contributed by atoms with Gasteiger partial charge in [0.1, 0.15) is 0 Å². The first-order chi connectivity index (χ1) is 14.0. The summed E-state index contributed by atoms with van der Waals surface area (Å²) >= 11 is 0. The van der Waals surface area contributed by atoms with E-state index in [2.05, 4.69) is 5.32 Å². The fourth-order valence-corrected chi connectivity index (χ4v) is 2.84. The highest BCUT2D eigenvalue weighted by molar-refractivity contribution is 6.12. The van der Waals surface area contributed by atoms with Crippen molar-refractivity contribution in [1.82, 2.24) is 9.88 Å². The number of nitrogens with zero attached hydrogens (tertiary/aromatic N) is 2. The quantitative estimate of drug-likeness (QED) is 0.288. The van der Waals surface area contributed by atoms with Crippen LogP contribution in [0.3, 0.4) is 0 Å². The van der Waals surface area contributed by atoms with Crippen molar-refractivity contribution in [2.45, 2.75) is 12.6 Å². The van der Waals surface area contributed by atoms with Gasteiger partial charge in [0.2, 0.25) is 0 Å². The van der Waals surface area contributed by atoms with Gasteiger partial charge in [-0.3, -0.25) is 29.1 Å². The monoisotopic (exact) mass is 391 g/mol. The lowest BCUT2D eigenvalue weighted by Crippen LogP contribution is -2.41. The molecule has 0 saturated heterocycles. The van der Waals surface area contributed by atoms with Gasteiger partial charge >= 0.3 is 0 Å². The number of hydrogen-bond donors (Lipinski definition) is 1. The Labute approximate surface area is 165 Å². The predicted octanol–water partition coefficient (Wildman–Crippen LogP) is 2.50. The molecule has 146 valence electrons. The number of rotatable bonds is 7.